The number of phenols is 2. The van der Waals surface area contributed by atoms with Crippen LogP contribution in [0, 0.1) is 0 Å². The molecule has 0 aromatic heterocycles. The Morgan fingerprint density at radius 3 is 1.47 bits per heavy atom. The number of phenolic OH excluding ortho intramolecular Hbond substituents is 2. The van der Waals surface area contributed by atoms with Gasteiger partial charge in [0.1, 0.15) is 34.8 Å². The monoisotopic (exact) mass is 644 g/mol. The highest BCUT2D eigenvalue weighted by Crippen LogP contribution is 2.24. The molecule has 0 saturated carbocycles. The van der Waals surface area contributed by atoms with Gasteiger partial charge in [-0.2, -0.15) is 0 Å². The average molecular weight is 646 g/mol. The number of rotatable bonds is 8. The van der Waals surface area contributed by atoms with E-state index in [1.54, 1.807) is 41.5 Å². The maximum Gasteiger partial charge on any atom is 0.408 e. The van der Waals surface area contributed by atoms with Crippen molar-refractivity contribution in [1.29, 1.82) is 0 Å². The second-order valence-corrected chi connectivity index (χ2v) is 12.0. The van der Waals surface area contributed by atoms with Crippen LogP contribution in [0.15, 0.2) is 36.4 Å². The summed E-state index contributed by atoms with van der Waals surface area (Å²) in [6.07, 6.45) is -1.56. The largest absolute Gasteiger partial charge is 0.508 e. The molecular weight excluding hydrogens is 607 g/mol. The van der Waals surface area contributed by atoms with E-state index >= 15 is 0 Å². The fraction of sp³-hybridized carbons (Fsp3) is 0.448. The van der Waals surface area contributed by atoms with Crippen LogP contribution in [0.2, 0.25) is 10.0 Å². The Hall–Kier alpha value is -3.90. The number of carbonyl (C=O) groups excluding carboxylic acids is 3. The van der Waals surface area contributed by atoms with Crippen LogP contribution in [0.5, 0.6) is 11.5 Å². The summed E-state index contributed by atoms with van der Waals surface area (Å²) in [5.41, 5.74) is -0.489. The van der Waals surface area contributed by atoms with E-state index in [1.165, 1.54) is 43.5 Å². The van der Waals surface area contributed by atoms with Crippen LogP contribution in [-0.4, -0.2) is 69.8 Å². The number of halogens is 2. The van der Waals surface area contributed by atoms with Gasteiger partial charge in [-0.25, -0.2) is 19.2 Å². The van der Waals surface area contributed by atoms with Gasteiger partial charge in [0, 0.05) is 22.9 Å². The maximum atomic E-state index is 11.8. The van der Waals surface area contributed by atoms with Gasteiger partial charge in [0.15, 0.2) is 0 Å². The van der Waals surface area contributed by atoms with E-state index in [0.717, 1.165) is 0 Å². The molecule has 0 spiro atoms. The van der Waals surface area contributed by atoms with Crippen molar-refractivity contribution in [2.24, 2.45) is 0 Å². The Bertz CT molecular complexity index is 1290. The van der Waals surface area contributed by atoms with Gasteiger partial charge in [-0.1, -0.05) is 23.2 Å². The molecule has 0 aliphatic carbocycles. The van der Waals surface area contributed by atoms with Crippen LogP contribution < -0.4 is 10.6 Å². The Balaban J connectivity index is 0.000000430. The molecular formula is C29H38Cl2N2O10. The molecule has 0 aliphatic heterocycles. The molecule has 5 N–H and O–H groups in total. The SMILES string of the molecule is CC(C)(C)OC(=O)N[C@@H](Cc1cc(O)ccc1Cl)C(=O)O.COC(=O)[C@H](Cc1cc(O)ccc1Cl)NC(=O)OC(C)(C)C. The molecule has 0 fully saturated rings. The lowest BCUT2D eigenvalue weighted by Gasteiger charge is -2.22. The van der Waals surface area contributed by atoms with Gasteiger partial charge in [0.2, 0.25) is 0 Å². The second-order valence-electron chi connectivity index (χ2n) is 11.2. The first-order valence-corrected chi connectivity index (χ1v) is 13.7. The number of aromatic hydroxyl groups is 2. The lowest BCUT2D eigenvalue weighted by atomic mass is 10.1. The zero-order valence-corrected chi connectivity index (χ0v) is 26.5. The zero-order chi connectivity index (χ0) is 33.1. The summed E-state index contributed by atoms with van der Waals surface area (Å²) >= 11 is 12.0. The molecule has 0 aliphatic rings. The van der Waals surface area contributed by atoms with Crippen LogP contribution in [-0.2, 0) is 36.6 Å². The summed E-state index contributed by atoms with van der Waals surface area (Å²) in [5, 5.41) is 33.5. The van der Waals surface area contributed by atoms with Crippen molar-refractivity contribution >= 4 is 47.3 Å². The number of carboxylic acids is 1. The van der Waals surface area contributed by atoms with Crippen molar-refractivity contribution in [2.75, 3.05) is 7.11 Å². The summed E-state index contributed by atoms with van der Waals surface area (Å²) in [5.74, 6) is -1.87. The van der Waals surface area contributed by atoms with Crippen LogP contribution >= 0.6 is 23.2 Å². The minimum absolute atomic E-state index is 0.0142. The van der Waals surface area contributed by atoms with Gasteiger partial charge in [-0.3, -0.25) is 0 Å². The van der Waals surface area contributed by atoms with Crippen molar-refractivity contribution in [1.82, 2.24) is 10.6 Å². The Kier molecular flexibility index (Phi) is 13.9. The second kappa shape index (κ2) is 16.1. The first-order chi connectivity index (χ1) is 19.7. The van der Waals surface area contributed by atoms with Gasteiger partial charge in [-0.15, -0.1) is 0 Å². The Morgan fingerprint density at radius 1 is 0.744 bits per heavy atom. The lowest BCUT2D eigenvalue weighted by Crippen LogP contribution is -2.45. The van der Waals surface area contributed by atoms with Gasteiger partial charge in [-0.05, 0) is 89.1 Å². The average Bonchev–Trinajstić information content (AvgIpc) is 2.85. The number of methoxy groups -OCH3 is 1. The molecule has 0 radical (unpaired) electrons. The lowest BCUT2D eigenvalue weighted by molar-refractivity contribution is -0.143. The van der Waals surface area contributed by atoms with E-state index in [1.807, 2.05) is 0 Å². The predicted molar refractivity (Wildman–Crippen MR) is 160 cm³/mol. The molecule has 0 unspecified atom stereocenters. The summed E-state index contributed by atoms with van der Waals surface area (Å²) in [7, 11) is 1.22. The van der Waals surface area contributed by atoms with Crippen LogP contribution in [0.25, 0.3) is 0 Å². The standard InChI is InChI=1S/C15H20ClNO5.C14H18ClNO5/c1-15(2,3)22-14(20)17-12(13(19)21-4)8-9-7-10(18)5-6-11(9)16;1-14(2,3)21-13(20)16-11(12(18)19)7-8-6-9(17)4-5-10(8)15/h5-7,12,18H,8H2,1-4H3,(H,17,20);4-6,11,17H,7H2,1-3H3,(H,16,20)(H,18,19)/t12-;11-/m00/s1. The van der Waals surface area contributed by atoms with Crippen molar-refractivity contribution in [3.63, 3.8) is 0 Å². The van der Waals surface area contributed by atoms with E-state index in [9.17, 15) is 29.4 Å². The number of nitrogens with one attached hydrogen (secondary N) is 2. The molecule has 238 valence electrons. The minimum atomic E-state index is -1.22. The summed E-state index contributed by atoms with van der Waals surface area (Å²) < 4.78 is 14.8. The van der Waals surface area contributed by atoms with E-state index in [-0.39, 0.29) is 24.3 Å². The number of esters is 1. The molecule has 0 bridgehead atoms. The number of benzene rings is 2. The number of alkyl carbamates (subject to hydrolysis) is 2. The topological polar surface area (TPSA) is 181 Å². The minimum Gasteiger partial charge on any atom is -0.508 e. The highest BCUT2D eigenvalue weighted by atomic mass is 35.5. The van der Waals surface area contributed by atoms with Gasteiger partial charge < -0.3 is 40.2 Å². The van der Waals surface area contributed by atoms with Gasteiger partial charge in [0.05, 0.1) is 7.11 Å². The number of carbonyl (C=O) groups is 4. The highest BCUT2D eigenvalue weighted by molar-refractivity contribution is 6.31. The number of ether oxygens (including phenoxy) is 3. The first kappa shape index (κ1) is 37.1. The van der Waals surface area contributed by atoms with Crippen LogP contribution in [0.3, 0.4) is 0 Å². The van der Waals surface area contributed by atoms with Crippen LogP contribution in [0.4, 0.5) is 9.59 Å². The molecule has 12 nitrogen and oxygen atoms in total. The van der Waals surface area contributed by atoms with Crippen LogP contribution in [0.1, 0.15) is 52.7 Å². The smallest absolute Gasteiger partial charge is 0.408 e. The molecule has 2 rings (SSSR count). The first-order valence-electron chi connectivity index (χ1n) is 12.9. The number of hydrogen-bond acceptors (Lipinski definition) is 9. The van der Waals surface area contributed by atoms with Crippen molar-refractivity contribution in [3.8, 4) is 11.5 Å². The number of aliphatic carboxylic acids is 1. The summed E-state index contributed by atoms with van der Waals surface area (Å²) in [6.45, 7) is 10.2. The zero-order valence-electron chi connectivity index (χ0n) is 25.0. The fourth-order valence-corrected chi connectivity index (χ4v) is 3.70. The number of carboxylic acid groups (broad SMARTS) is 1. The molecule has 43 heavy (non-hydrogen) atoms. The molecule has 0 heterocycles. The number of amides is 2. The Morgan fingerprint density at radius 2 is 1.12 bits per heavy atom. The predicted octanol–water partition coefficient (Wildman–Crippen LogP) is 5.22. The normalized spacial score (nSPS) is 12.5. The third kappa shape index (κ3) is 14.7. The Labute approximate surface area is 260 Å². The molecule has 0 saturated heterocycles. The van der Waals surface area contributed by atoms with Gasteiger partial charge in [0.25, 0.3) is 0 Å². The van der Waals surface area contributed by atoms with E-state index < -0.39 is 47.4 Å². The molecule has 2 amide bonds. The van der Waals surface area contributed by atoms with E-state index in [0.29, 0.717) is 21.2 Å². The third-order valence-electron chi connectivity index (χ3n) is 5.07. The number of hydrogen-bond donors (Lipinski definition) is 5. The van der Waals surface area contributed by atoms with E-state index in [2.05, 4.69) is 15.4 Å². The van der Waals surface area contributed by atoms with Crippen molar-refractivity contribution < 1.29 is 48.7 Å². The maximum absolute atomic E-state index is 11.8. The molecule has 2 aromatic rings. The summed E-state index contributed by atoms with van der Waals surface area (Å²) in [6, 6.07) is 6.39. The van der Waals surface area contributed by atoms with Crippen molar-refractivity contribution in [3.05, 3.63) is 57.6 Å². The van der Waals surface area contributed by atoms with E-state index in [4.69, 9.17) is 37.8 Å². The van der Waals surface area contributed by atoms with Gasteiger partial charge >= 0.3 is 24.1 Å². The fourth-order valence-electron chi connectivity index (χ4n) is 3.31. The molecule has 2 atom stereocenters. The summed E-state index contributed by atoms with van der Waals surface area (Å²) in [4.78, 5) is 46.5. The third-order valence-corrected chi connectivity index (χ3v) is 5.81. The quantitative estimate of drug-likeness (QED) is 0.189. The molecule has 14 heteroatoms. The van der Waals surface area contributed by atoms with Crippen molar-refractivity contribution in [2.45, 2.75) is 77.7 Å². The molecule has 2 aromatic carbocycles. The highest BCUT2D eigenvalue weighted by Gasteiger charge is 2.27.